The third-order valence-corrected chi connectivity index (χ3v) is 6.10. The Hall–Kier alpha value is 0.370. The molecule has 0 spiro atoms. The summed E-state index contributed by atoms with van der Waals surface area (Å²) in [5.41, 5.74) is 0. The highest BCUT2D eigenvalue weighted by Gasteiger charge is 2.16. The van der Waals surface area contributed by atoms with E-state index in [-0.39, 0.29) is 5.92 Å². The first-order valence-corrected chi connectivity index (χ1v) is 8.43. The molecule has 0 aromatic rings. The molecule has 1 unspecified atom stereocenters. The van der Waals surface area contributed by atoms with Gasteiger partial charge in [-0.25, -0.2) is 0 Å². The SMILES string of the molecule is CCC(C)C(=O)CCCC[C@@H]1CCSS1. The maximum absolute atomic E-state index is 11.6. The van der Waals surface area contributed by atoms with Crippen molar-refractivity contribution >= 4 is 27.4 Å². The number of hydrogen-bond acceptors (Lipinski definition) is 3. The predicted octanol–water partition coefficient (Wildman–Crippen LogP) is 4.32. The van der Waals surface area contributed by atoms with Crippen LogP contribution in [0.1, 0.15) is 52.4 Å². The molecule has 2 atom stereocenters. The smallest absolute Gasteiger partial charge is 0.135 e. The Labute approximate surface area is 102 Å². The summed E-state index contributed by atoms with van der Waals surface area (Å²) in [5, 5.41) is 0.869. The highest BCUT2D eigenvalue weighted by Crippen LogP contribution is 2.39. The van der Waals surface area contributed by atoms with Crippen molar-refractivity contribution in [2.75, 3.05) is 5.75 Å². The summed E-state index contributed by atoms with van der Waals surface area (Å²) in [6.45, 7) is 4.14. The van der Waals surface area contributed by atoms with Crippen LogP contribution in [0.4, 0.5) is 0 Å². The van der Waals surface area contributed by atoms with Crippen molar-refractivity contribution in [3.63, 3.8) is 0 Å². The number of hydrogen-bond donors (Lipinski definition) is 0. The largest absolute Gasteiger partial charge is 0.299 e. The van der Waals surface area contributed by atoms with Crippen LogP contribution in [-0.4, -0.2) is 16.8 Å². The molecule has 0 aliphatic carbocycles. The molecule has 1 heterocycles. The first-order valence-electron chi connectivity index (χ1n) is 6.05. The van der Waals surface area contributed by atoms with E-state index in [9.17, 15) is 4.79 Å². The lowest BCUT2D eigenvalue weighted by Gasteiger charge is -2.08. The fraction of sp³-hybridized carbons (Fsp3) is 0.917. The topological polar surface area (TPSA) is 17.1 Å². The van der Waals surface area contributed by atoms with Gasteiger partial charge in [-0.15, -0.1) is 0 Å². The minimum atomic E-state index is 0.279. The minimum absolute atomic E-state index is 0.279. The summed E-state index contributed by atoms with van der Waals surface area (Å²) < 4.78 is 0. The van der Waals surface area contributed by atoms with Crippen LogP contribution in [0.15, 0.2) is 0 Å². The maximum Gasteiger partial charge on any atom is 0.135 e. The van der Waals surface area contributed by atoms with Gasteiger partial charge >= 0.3 is 0 Å². The molecule has 88 valence electrons. The molecule has 1 saturated heterocycles. The van der Waals surface area contributed by atoms with E-state index >= 15 is 0 Å². The van der Waals surface area contributed by atoms with Crippen LogP contribution in [0.5, 0.6) is 0 Å². The average Bonchev–Trinajstić information content (AvgIpc) is 2.75. The van der Waals surface area contributed by atoms with Crippen LogP contribution in [0.25, 0.3) is 0 Å². The van der Waals surface area contributed by atoms with Gasteiger partial charge in [0.25, 0.3) is 0 Å². The van der Waals surface area contributed by atoms with Gasteiger partial charge in [-0.1, -0.05) is 41.9 Å². The first kappa shape index (κ1) is 13.4. The maximum atomic E-state index is 11.6. The van der Waals surface area contributed by atoms with Crippen molar-refractivity contribution in [2.24, 2.45) is 5.92 Å². The van der Waals surface area contributed by atoms with Crippen LogP contribution in [0, 0.1) is 5.92 Å². The van der Waals surface area contributed by atoms with Gasteiger partial charge in [-0.05, 0) is 25.7 Å². The van der Waals surface area contributed by atoms with Gasteiger partial charge in [0.05, 0.1) is 0 Å². The zero-order chi connectivity index (χ0) is 11.1. The van der Waals surface area contributed by atoms with E-state index in [2.05, 4.69) is 6.92 Å². The monoisotopic (exact) mass is 246 g/mol. The fourth-order valence-electron chi connectivity index (χ4n) is 1.71. The number of ketones is 1. The Kier molecular flexibility index (Phi) is 6.82. The Morgan fingerprint density at radius 2 is 2.27 bits per heavy atom. The van der Waals surface area contributed by atoms with Crippen molar-refractivity contribution in [2.45, 2.75) is 57.6 Å². The van der Waals surface area contributed by atoms with Gasteiger partial charge < -0.3 is 0 Å². The van der Waals surface area contributed by atoms with Crippen LogP contribution >= 0.6 is 21.6 Å². The molecule has 0 bridgehead atoms. The summed E-state index contributed by atoms with van der Waals surface area (Å²) in [4.78, 5) is 11.6. The number of carbonyl (C=O) groups is 1. The summed E-state index contributed by atoms with van der Waals surface area (Å²) >= 11 is 0. The number of carbonyl (C=O) groups excluding carboxylic acids is 1. The van der Waals surface area contributed by atoms with Gasteiger partial charge in [0.1, 0.15) is 5.78 Å². The lowest BCUT2D eigenvalue weighted by molar-refractivity contribution is -0.122. The summed E-state index contributed by atoms with van der Waals surface area (Å²) in [6.07, 6.45) is 6.82. The molecule has 1 aliphatic rings. The molecule has 0 radical (unpaired) electrons. The zero-order valence-corrected chi connectivity index (χ0v) is 11.5. The fourth-order valence-corrected chi connectivity index (χ4v) is 4.74. The zero-order valence-electron chi connectivity index (χ0n) is 9.83. The second kappa shape index (κ2) is 7.61. The third-order valence-electron chi connectivity index (χ3n) is 3.09. The lowest BCUT2D eigenvalue weighted by atomic mass is 9.98. The van der Waals surface area contributed by atoms with E-state index in [0.717, 1.165) is 24.5 Å². The molecule has 1 nitrogen and oxygen atoms in total. The van der Waals surface area contributed by atoms with E-state index in [1.807, 2.05) is 28.5 Å². The van der Waals surface area contributed by atoms with E-state index in [0.29, 0.717) is 5.78 Å². The van der Waals surface area contributed by atoms with Crippen molar-refractivity contribution < 1.29 is 4.79 Å². The first-order chi connectivity index (χ1) is 7.24. The van der Waals surface area contributed by atoms with Crippen molar-refractivity contribution in [1.82, 2.24) is 0 Å². The number of unbranched alkanes of at least 4 members (excludes halogenated alkanes) is 1. The predicted molar refractivity (Wildman–Crippen MR) is 71.4 cm³/mol. The average molecular weight is 246 g/mol. The molecule has 0 N–H and O–H groups in total. The molecule has 0 saturated carbocycles. The minimum Gasteiger partial charge on any atom is -0.299 e. The van der Waals surface area contributed by atoms with Crippen molar-refractivity contribution in [3.05, 3.63) is 0 Å². The normalized spacial score (nSPS) is 22.9. The Bertz CT molecular complexity index is 188. The van der Waals surface area contributed by atoms with E-state index in [1.54, 1.807) is 0 Å². The van der Waals surface area contributed by atoms with E-state index in [1.165, 1.54) is 25.0 Å². The second-order valence-electron chi connectivity index (χ2n) is 4.35. The summed E-state index contributed by atoms with van der Waals surface area (Å²) in [7, 11) is 4.05. The Balaban J connectivity index is 1.98. The molecule has 1 fully saturated rings. The van der Waals surface area contributed by atoms with Crippen LogP contribution < -0.4 is 0 Å². The Morgan fingerprint density at radius 1 is 1.47 bits per heavy atom. The summed E-state index contributed by atoms with van der Waals surface area (Å²) in [5.74, 6) is 2.06. The highest BCUT2D eigenvalue weighted by atomic mass is 33.1. The van der Waals surface area contributed by atoms with Crippen LogP contribution in [0.3, 0.4) is 0 Å². The van der Waals surface area contributed by atoms with Gasteiger partial charge in [-0.2, -0.15) is 0 Å². The molecular weight excluding hydrogens is 224 g/mol. The van der Waals surface area contributed by atoms with Gasteiger partial charge in [0.2, 0.25) is 0 Å². The second-order valence-corrected chi connectivity index (χ2v) is 7.14. The molecule has 0 aromatic heterocycles. The molecule has 3 heteroatoms. The quantitative estimate of drug-likeness (QED) is 0.492. The van der Waals surface area contributed by atoms with Gasteiger partial charge in [-0.3, -0.25) is 4.79 Å². The third kappa shape index (κ3) is 5.30. The van der Waals surface area contributed by atoms with E-state index < -0.39 is 0 Å². The van der Waals surface area contributed by atoms with Crippen LogP contribution in [0.2, 0.25) is 0 Å². The molecule has 15 heavy (non-hydrogen) atoms. The molecular formula is C12H22OS2. The molecule has 1 rings (SSSR count). The highest BCUT2D eigenvalue weighted by molar-refractivity contribution is 8.77. The van der Waals surface area contributed by atoms with Gasteiger partial charge in [0.15, 0.2) is 0 Å². The van der Waals surface area contributed by atoms with Crippen molar-refractivity contribution in [3.8, 4) is 0 Å². The Morgan fingerprint density at radius 3 is 2.87 bits per heavy atom. The van der Waals surface area contributed by atoms with Gasteiger partial charge in [0, 0.05) is 23.3 Å². The summed E-state index contributed by atoms with van der Waals surface area (Å²) in [6, 6.07) is 0. The molecule has 0 aromatic carbocycles. The standard InChI is InChI=1S/C12H22OS2/c1-3-10(2)12(13)7-5-4-6-11-8-9-14-15-11/h10-11H,3-9H2,1-2H3/t10?,11-/m1/s1. The van der Waals surface area contributed by atoms with Crippen LogP contribution in [-0.2, 0) is 4.79 Å². The molecule has 0 amide bonds. The molecule has 1 aliphatic heterocycles. The lowest BCUT2D eigenvalue weighted by Crippen LogP contribution is -2.09. The number of rotatable bonds is 7. The van der Waals surface area contributed by atoms with Crippen molar-refractivity contribution in [1.29, 1.82) is 0 Å². The van der Waals surface area contributed by atoms with E-state index in [4.69, 9.17) is 0 Å². The number of Topliss-reactive ketones (excluding diaryl/α,β-unsaturated/α-hetero) is 1.